The van der Waals surface area contributed by atoms with Crippen molar-refractivity contribution in [1.29, 1.82) is 0 Å². The van der Waals surface area contributed by atoms with E-state index in [1.54, 1.807) is 12.2 Å². The summed E-state index contributed by atoms with van der Waals surface area (Å²) in [6, 6.07) is 57.4. The van der Waals surface area contributed by atoms with Crippen LogP contribution in [0.2, 0.25) is 0 Å². The van der Waals surface area contributed by atoms with Crippen molar-refractivity contribution in [2.75, 3.05) is 0 Å². The van der Waals surface area contributed by atoms with E-state index < -0.39 is 0 Å². The molecule has 0 radical (unpaired) electrons. The van der Waals surface area contributed by atoms with Gasteiger partial charge in [0.05, 0.1) is 0 Å². The van der Waals surface area contributed by atoms with Crippen LogP contribution in [-0.4, -0.2) is 5.11 Å². The zero-order valence-electron chi connectivity index (χ0n) is 26.1. The molecular weight excluding hydrogens is 569 g/mol. The Morgan fingerprint density at radius 1 is 0.319 bits per heavy atom. The van der Waals surface area contributed by atoms with Crippen LogP contribution in [0.15, 0.2) is 189 Å². The van der Waals surface area contributed by atoms with E-state index in [1.165, 1.54) is 43.4 Å². The Balaban J connectivity index is 0.000000833. The molecule has 0 aliphatic heterocycles. The summed E-state index contributed by atoms with van der Waals surface area (Å²) in [6.45, 7) is 6.72. The number of hydrogen-bond acceptors (Lipinski definition) is 1. The lowest BCUT2D eigenvalue weighted by Gasteiger charge is -2.13. The number of allylic oxidation sites excluding steroid dienone is 2. The van der Waals surface area contributed by atoms with Crippen LogP contribution < -0.4 is 0 Å². The van der Waals surface area contributed by atoms with Gasteiger partial charge >= 0.3 is 0 Å². The fourth-order valence-corrected chi connectivity index (χ4v) is 6.39. The Bertz CT molecular complexity index is 2340. The van der Waals surface area contributed by atoms with E-state index in [0.717, 1.165) is 33.4 Å². The van der Waals surface area contributed by atoms with Crippen LogP contribution in [0.3, 0.4) is 0 Å². The fourth-order valence-electron chi connectivity index (χ4n) is 6.39. The number of phenolic OH excluding ortho intramolecular Hbond substituents is 1. The van der Waals surface area contributed by atoms with Crippen molar-refractivity contribution in [1.82, 2.24) is 0 Å². The first-order chi connectivity index (χ1) is 23.1. The number of hydrogen-bond donors (Lipinski definition) is 1. The van der Waals surface area contributed by atoms with Gasteiger partial charge in [0.15, 0.2) is 0 Å². The molecule has 47 heavy (non-hydrogen) atoms. The third kappa shape index (κ3) is 5.83. The Morgan fingerprint density at radius 3 is 1.32 bits per heavy atom. The topological polar surface area (TPSA) is 20.2 Å². The predicted octanol–water partition coefficient (Wildman–Crippen LogP) is 12.9. The molecule has 0 saturated heterocycles. The Hall–Kier alpha value is -6.18. The zero-order valence-corrected chi connectivity index (χ0v) is 26.1. The second kappa shape index (κ2) is 13.0. The molecule has 224 valence electrons. The smallest absolute Gasteiger partial charge is 0.124 e. The quantitative estimate of drug-likeness (QED) is 0.153. The predicted molar refractivity (Wildman–Crippen MR) is 203 cm³/mol. The van der Waals surface area contributed by atoms with E-state index in [0.29, 0.717) is 0 Å². The lowest BCUT2D eigenvalue weighted by Crippen LogP contribution is -1.86. The van der Waals surface area contributed by atoms with Gasteiger partial charge in [-0.15, -0.1) is 0 Å². The van der Waals surface area contributed by atoms with Crippen molar-refractivity contribution in [3.05, 3.63) is 189 Å². The van der Waals surface area contributed by atoms with Gasteiger partial charge in [-0.1, -0.05) is 171 Å². The molecule has 0 bridgehead atoms. The van der Waals surface area contributed by atoms with Crippen LogP contribution in [0.1, 0.15) is 0 Å². The summed E-state index contributed by atoms with van der Waals surface area (Å²) >= 11 is 0. The van der Waals surface area contributed by atoms with Crippen LogP contribution in [0, 0.1) is 0 Å². The standard InChI is InChI=1S/C42H28O.C4H6/c43-42-27-33(32-22-24-40-38-15-5-4-13-36(38)37-14-6-7-16-39(37)41(40)26-32)21-23-35(42)34-12-8-11-31(25-34)30-19-17-29(18-20-30)28-9-2-1-3-10-28;1-3-4-2/h1-27,43H;3-4H,1-2H2. The van der Waals surface area contributed by atoms with Gasteiger partial charge in [-0.2, -0.15) is 0 Å². The van der Waals surface area contributed by atoms with Crippen LogP contribution >= 0.6 is 0 Å². The Labute approximate surface area is 276 Å². The van der Waals surface area contributed by atoms with Crippen molar-refractivity contribution in [3.8, 4) is 50.3 Å². The van der Waals surface area contributed by atoms with Crippen LogP contribution in [0.4, 0.5) is 0 Å². The molecule has 8 aromatic rings. The summed E-state index contributed by atoms with van der Waals surface area (Å²) in [6.07, 6.45) is 3.28. The molecule has 0 aliphatic carbocycles. The van der Waals surface area contributed by atoms with Gasteiger partial charge in [0.25, 0.3) is 0 Å². The molecule has 0 saturated carbocycles. The molecule has 0 fully saturated rings. The minimum Gasteiger partial charge on any atom is -0.507 e. The van der Waals surface area contributed by atoms with Gasteiger partial charge in [-0.05, 0) is 89.5 Å². The number of fused-ring (bicyclic) bond motifs is 6. The second-order valence-electron chi connectivity index (χ2n) is 11.6. The van der Waals surface area contributed by atoms with Crippen LogP contribution in [0.25, 0.3) is 76.8 Å². The lowest BCUT2D eigenvalue weighted by atomic mass is 9.91. The molecular formula is C46H34O. The van der Waals surface area contributed by atoms with Crippen molar-refractivity contribution in [3.63, 3.8) is 0 Å². The highest BCUT2D eigenvalue weighted by Gasteiger charge is 2.12. The summed E-state index contributed by atoms with van der Waals surface area (Å²) in [4.78, 5) is 0. The van der Waals surface area contributed by atoms with Crippen molar-refractivity contribution in [2.24, 2.45) is 0 Å². The average Bonchev–Trinajstić information content (AvgIpc) is 3.15. The number of aromatic hydroxyl groups is 1. The van der Waals surface area contributed by atoms with E-state index in [2.05, 4.69) is 159 Å². The van der Waals surface area contributed by atoms with Crippen molar-refractivity contribution in [2.45, 2.75) is 0 Å². The first kappa shape index (κ1) is 29.5. The molecule has 0 aromatic heterocycles. The van der Waals surface area contributed by atoms with Gasteiger partial charge in [0, 0.05) is 5.56 Å². The highest BCUT2D eigenvalue weighted by molar-refractivity contribution is 6.25. The maximum absolute atomic E-state index is 11.3. The van der Waals surface area contributed by atoms with Gasteiger partial charge in [-0.3, -0.25) is 0 Å². The number of benzene rings is 8. The highest BCUT2D eigenvalue weighted by Crippen LogP contribution is 2.39. The molecule has 0 heterocycles. The highest BCUT2D eigenvalue weighted by atomic mass is 16.3. The van der Waals surface area contributed by atoms with E-state index >= 15 is 0 Å². The lowest BCUT2D eigenvalue weighted by molar-refractivity contribution is 0.477. The largest absolute Gasteiger partial charge is 0.507 e. The third-order valence-electron chi connectivity index (χ3n) is 8.74. The Kier molecular flexibility index (Phi) is 8.20. The van der Waals surface area contributed by atoms with Crippen LogP contribution in [-0.2, 0) is 0 Å². The third-order valence-corrected chi connectivity index (χ3v) is 8.74. The molecule has 0 amide bonds. The van der Waals surface area contributed by atoms with Gasteiger partial charge in [0.1, 0.15) is 5.75 Å². The average molecular weight is 603 g/mol. The molecule has 1 nitrogen and oxygen atoms in total. The number of phenols is 1. The maximum atomic E-state index is 11.3. The van der Waals surface area contributed by atoms with Gasteiger partial charge in [0.2, 0.25) is 0 Å². The van der Waals surface area contributed by atoms with E-state index in [9.17, 15) is 5.11 Å². The molecule has 0 unspecified atom stereocenters. The van der Waals surface area contributed by atoms with Gasteiger partial charge in [-0.25, -0.2) is 0 Å². The molecule has 0 spiro atoms. The summed E-state index contributed by atoms with van der Waals surface area (Å²) in [5.74, 6) is 0.276. The van der Waals surface area contributed by atoms with Crippen molar-refractivity contribution < 1.29 is 5.11 Å². The normalized spacial score (nSPS) is 10.8. The minimum atomic E-state index is 0.276. The molecule has 8 rings (SSSR count). The van der Waals surface area contributed by atoms with Gasteiger partial charge < -0.3 is 5.11 Å². The van der Waals surface area contributed by atoms with E-state index in [4.69, 9.17) is 0 Å². The first-order valence-electron chi connectivity index (χ1n) is 15.8. The Morgan fingerprint density at radius 2 is 0.723 bits per heavy atom. The van der Waals surface area contributed by atoms with E-state index in [-0.39, 0.29) is 5.75 Å². The molecule has 1 N–H and O–H groups in total. The van der Waals surface area contributed by atoms with Crippen molar-refractivity contribution >= 4 is 32.3 Å². The monoisotopic (exact) mass is 602 g/mol. The summed E-state index contributed by atoms with van der Waals surface area (Å²) in [7, 11) is 0. The fraction of sp³-hybridized carbons (Fsp3) is 0. The molecule has 0 aliphatic rings. The molecule has 8 aromatic carbocycles. The minimum absolute atomic E-state index is 0.276. The SMILES string of the molecule is C=CC=C.Oc1cc(-c2ccc3c4ccccc4c4ccccc4c3c2)ccc1-c1cccc(-c2ccc(-c3ccccc3)cc2)c1. The first-order valence-corrected chi connectivity index (χ1v) is 15.8. The second-order valence-corrected chi connectivity index (χ2v) is 11.6. The zero-order chi connectivity index (χ0) is 32.2. The maximum Gasteiger partial charge on any atom is 0.124 e. The number of rotatable bonds is 5. The summed E-state index contributed by atoms with van der Waals surface area (Å²) in [5, 5.41) is 18.8. The molecule has 1 heteroatoms. The summed E-state index contributed by atoms with van der Waals surface area (Å²) < 4.78 is 0. The van der Waals surface area contributed by atoms with E-state index in [1.807, 2.05) is 18.2 Å². The van der Waals surface area contributed by atoms with Crippen LogP contribution in [0.5, 0.6) is 5.75 Å². The summed E-state index contributed by atoms with van der Waals surface area (Å²) in [5.41, 5.74) is 8.57. The molecule has 0 atom stereocenters.